The second kappa shape index (κ2) is 11.7. The van der Waals surface area contributed by atoms with Crippen molar-refractivity contribution < 1.29 is 17.4 Å². The van der Waals surface area contributed by atoms with Crippen LogP contribution in [-0.2, 0) is 17.4 Å². The second-order valence-corrected chi connectivity index (χ2v) is 42.8. The smallest absolute Gasteiger partial charge is 0.147 e. The first-order chi connectivity index (χ1) is 18.3. The number of benzene rings is 4. The van der Waals surface area contributed by atoms with Crippen LogP contribution in [0.1, 0.15) is 56.2 Å². The van der Waals surface area contributed by atoms with Crippen molar-refractivity contribution in [1.29, 1.82) is 0 Å². The maximum Gasteiger partial charge on any atom is -0.147 e. The van der Waals surface area contributed by atoms with E-state index in [1.54, 1.807) is 22.3 Å². The Morgan fingerprint density at radius 2 is 0.925 bits per heavy atom. The van der Waals surface area contributed by atoms with Crippen molar-refractivity contribution in [3.8, 4) is 22.3 Å². The van der Waals surface area contributed by atoms with E-state index in [2.05, 4.69) is 139 Å². The molecule has 0 saturated carbocycles. The summed E-state index contributed by atoms with van der Waals surface area (Å²) < 4.78 is 6.64. The molecule has 0 saturated heterocycles. The number of rotatable bonds is 6. The van der Waals surface area contributed by atoms with Crippen molar-refractivity contribution in [3.63, 3.8) is 0 Å². The normalized spacial score (nSPS) is 17.6. The Morgan fingerprint density at radius 3 is 1.27 bits per heavy atom. The van der Waals surface area contributed by atoms with Gasteiger partial charge in [0.2, 0.25) is 0 Å². The van der Waals surface area contributed by atoms with Crippen LogP contribution in [-0.4, -0.2) is 6.88 Å². The third kappa shape index (κ3) is 5.00. The van der Waals surface area contributed by atoms with E-state index in [-0.39, 0.29) is 24.8 Å². The van der Waals surface area contributed by atoms with E-state index in [0.717, 1.165) is 12.8 Å². The Labute approximate surface area is 255 Å². The standard InChI is InChI=1S/2C17H15.2CH3.2ClH.H2Si.Zr/c2*1-2-13-11-15-9-6-10-16(17(15)12-13)14-7-4-3-5-8-14;;;;;;/h2*3-12H,2H2,1H3;2*1H3;2*1H;1H2;. The molecule has 4 heteroatoms. The molecule has 2 unspecified atom stereocenters. The summed E-state index contributed by atoms with van der Waals surface area (Å²) in [5, 5.41) is 0. The molecule has 2 aliphatic carbocycles. The van der Waals surface area contributed by atoms with Crippen molar-refractivity contribution in [2.24, 2.45) is 0 Å². The minimum Gasteiger partial charge on any atom is -0.147 e. The quantitative estimate of drug-likeness (QED) is 0.180. The zero-order valence-corrected chi connectivity index (χ0v) is 29.5. The van der Waals surface area contributed by atoms with Crippen LogP contribution in [0.4, 0.5) is 0 Å². The largest absolute Gasteiger partial charge is 0.147 e. The maximum atomic E-state index is 2.76. The molecule has 40 heavy (non-hydrogen) atoms. The van der Waals surface area contributed by atoms with Gasteiger partial charge in [-0.2, -0.15) is 0 Å². The molecule has 4 aromatic carbocycles. The van der Waals surface area contributed by atoms with Gasteiger partial charge in [0.25, 0.3) is 0 Å². The Kier molecular flexibility index (Phi) is 9.09. The summed E-state index contributed by atoms with van der Waals surface area (Å²) in [5.74, 6) is 0. The van der Waals surface area contributed by atoms with Crippen LogP contribution in [0, 0.1) is 0 Å². The summed E-state index contributed by atoms with van der Waals surface area (Å²) in [6.07, 6.45) is 7.38. The molecule has 0 radical (unpaired) electrons. The molecule has 0 spiro atoms. The Morgan fingerprint density at radius 1 is 0.550 bits per heavy atom. The van der Waals surface area contributed by atoms with Gasteiger partial charge in [-0.3, -0.25) is 0 Å². The third-order valence-corrected chi connectivity index (χ3v) is 26.7. The van der Waals surface area contributed by atoms with Gasteiger partial charge in [0.05, 0.1) is 0 Å². The molecule has 0 amide bonds. The van der Waals surface area contributed by atoms with Crippen molar-refractivity contribution in [2.75, 3.05) is 0 Å². The fourth-order valence-electron chi connectivity index (χ4n) is 7.69. The van der Waals surface area contributed by atoms with Crippen LogP contribution in [0.3, 0.4) is 0 Å². The number of allylic oxidation sites excluding steroid dienone is 2. The molecule has 2 aliphatic rings. The summed E-state index contributed by atoms with van der Waals surface area (Å²) in [4.78, 5) is 0. The fraction of sp³-hybridized carbons (Fsp3) is 0.222. The van der Waals surface area contributed by atoms with E-state index in [1.165, 1.54) is 33.4 Å². The predicted octanol–water partition coefficient (Wildman–Crippen LogP) is 10.6. The van der Waals surface area contributed by atoms with Crippen LogP contribution >= 0.6 is 24.8 Å². The van der Waals surface area contributed by atoms with Gasteiger partial charge in [0, 0.05) is 0 Å². The Balaban J connectivity index is 0.00000185. The van der Waals surface area contributed by atoms with Gasteiger partial charge < -0.3 is 0 Å². The summed E-state index contributed by atoms with van der Waals surface area (Å²) in [6, 6.07) is 36.1. The van der Waals surface area contributed by atoms with E-state index in [0.29, 0.717) is 7.25 Å². The molecular weight excluding hydrogens is 623 g/mol. The first-order valence-electron chi connectivity index (χ1n) is 14.2. The summed E-state index contributed by atoms with van der Waals surface area (Å²) >= 11 is -3.55. The van der Waals surface area contributed by atoms with E-state index < -0.39 is 17.4 Å². The molecule has 0 bridgehead atoms. The summed E-state index contributed by atoms with van der Waals surface area (Å²) in [6.45, 7) is 7.19. The second-order valence-electron chi connectivity index (χ2n) is 12.3. The average molecular weight is 663 g/mol. The van der Waals surface area contributed by atoms with Crippen molar-refractivity contribution >= 4 is 43.8 Å². The van der Waals surface area contributed by atoms with Crippen LogP contribution < -0.4 is 0 Å². The predicted molar refractivity (Wildman–Crippen MR) is 181 cm³/mol. The van der Waals surface area contributed by atoms with Gasteiger partial charge in [0.15, 0.2) is 0 Å². The van der Waals surface area contributed by atoms with E-state index in [4.69, 9.17) is 0 Å². The fourth-order valence-corrected chi connectivity index (χ4v) is 27.9. The first-order valence-corrected chi connectivity index (χ1v) is 27.8. The molecule has 0 aromatic heterocycles. The average Bonchev–Trinajstić information content (AvgIpc) is 3.53. The molecule has 206 valence electrons. The molecule has 0 fully saturated rings. The van der Waals surface area contributed by atoms with Crippen LogP contribution in [0.5, 0.6) is 0 Å². The molecule has 4 aromatic rings. The number of halogens is 2. The number of fused-ring (bicyclic) bond motifs is 2. The molecular formula is C36H40Cl2SiZr. The van der Waals surface area contributed by atoms with Gasteiger partial charge >= 0.3 is 232 Å². The van der Waals surface area contributed by atoms with E-state index in [9.17, 15) is 0 Å². The topological polar surface area (TPSA) is 0 Å². The minimum absolute atomic E-state index is 0. The zero-order valence-electron chi connectivity index (χ0n) is 24.0. The summed E-state index contributed by atoms with van der Waals surface area (Å²) in [5.41, 5.74) is 14.8. The first kappa shape index (κ1) is 31.0. The van der Waals surface area contributed by atoms with Gasteiger partial charge in [-0.15, -0.1) is 24.8 Å². The SMILES string of the molecule is CCC1=Cc2c(-c3ccccc3)cccc2[CH]1[Zr]([CH3])([CH3])(=[SiH2])[CH]1C(CC)=Cc2c(-c3ccccc3)cccc21.Cl.Cl. The maximum absolute atomic E-state index is 3.55. The monoisotopic (exact) mass is 660 g/mol. The zero-order chi connectivity index (χ0) is 26.5. The van der Waals surface area contributed by atoms with Gasteiger partial charge in [0.1, 0.15) is 0 Å². The molecule has 2 atom stereocenters. The van der Waals surface area contributed by atoms with Crippen molar-refractivity contribution in [2.45, 2.75) is 43.2 Å². The van der Waals surface area contributed by atoms with Gasteiger partial charge in [-0.1, -0.05) is 0 Å². The van der Waals surface area contributed by atoms with Crippen LogP contribution in [0.2, 0.25) is 9.26 Å². The van der Waals surface area contributed by atoms with E-state index >= 15 is 0 Å². The van der Waals surface area contributed by atoms with Gasteiger partial charge in [-0.05, 0) is 0 Å². The van der Waals surface area contributed by atoms with Crippen LogP contribution in [0.25, 0.3) is 34.4 Å². The molecule has 0 aliphatic heterocycles. The number of hydrogen-bond donors (Lipinski definition) is 0. The molecule has 0 heterocycles. The van der Waals surface area contributed by atoms with Crippen molar-refractivity contribution in [3.05, 3.63) is 130 Å². The number of hydrogen-bond acceptors (Lipinski definition) is 0. The van der Waals surface area contributed by atoms with Crippen LogP contribution in [0.15, 0.2) is 108 Å². The molecule has 0 N–H and O–H groups in total. The van der Waals surface area contributed by atoms with E-state index in [1.807, 2.05) is 0 Å². The third-order valence-electron chi connectivity index (χ3n) is 9.19. The molecule has 0 nitrogen and oxygen atoms in total. The molecule has 6 rings (SSSR count). The van der Waals surface area contributed by atoms with Crippen molar-refractivity contribution in [1.82, 2.24) is 0 Å². The van der Waals surface area contributed by atoms with Gasteiger partial charge in [-0.25, -0.2) is 0 Å². The summed E-state index contributed by atoms with van der Waals surface area (Å²) in [7, 11) is 0. The Bertz CT molecular complexity index is 1540. The Hall–Kier alpha value is -1.96. The minimum atomic E-state index is -3.55.